The maximum absolute atomic E-state index is 13.1. The summed E-state index contributed by atoms with van der Waals surface area (Å²) in [4.78, 5) is 17.9. The highest BCUT2D eigenvalue weighted by molar-refractivity contribution is 7.89. The van der Waals surface area contributed by atoms with Gasteiger partial charge in [-0.1, -0.05) is 23.8 Å². The number of aryl methyl sites for hydroxylation is 2. The Labute approximate surface area is 173 Å². The molecule has 3 rings (SSSR count). The third-order valence-electron chi connectivity index (χ3n) is 5.22. The van der Waals surface area contributed by atoms with Crippen LogP contribution in [-0.2, 0) is 10.0 Å². The van der Waals surface area contributed by atoms with E-state index in [-0.39, 0.29) is 17.9 Å². The minimum absolute atomic E-state index is 0.0198. The van der Waals surface area contributed by atoms with Gasteiger partial charge < -0.3 is 0 Å². The molecule has 0 saturated carbocycles. The normalized spacial score (nSPS) is 17.1. The van der Waals surface area contributed by atoms with Crippen LogP contribution < -0.4 is 5.49 Å². The summed E-state index contributed by atoms with van der Waals surface area (Å²) >= 11 is 0. The first-order valence-corrected chi connectivity index (χ1v) is 11.5. The van der Waals surface area contributed by atoms with Crippen molar-refractivity contribution in [3.8, 4) is 0 Å². The molecule has 29 heavy (non-hydrogen) atoms. The fourth-order valence-electron chi connectivity index (χ4n) is 3.76. The van der Waals surface area contributed by atoms with Crippen molar-refractivity contribution in [2.24, 2.45) is 10.9 Å². The highest BCUT2D eigenvalue weighted by Crippen LogP contribution is 2.26. The van der Waals surface area contributed by atoms with Gasteiger partial charge in [0.2, 0.25) is 15.9 Å². The summed E-state index contributed by atoms with van der Waals surface area (Å²) in [6, 6.07) is 11.0. The second-order valence-corrected chi connectivity index (χ2v) is 9.84. The minimum atomic E-state index is -3.55. The molecule has 1 saturated heterocycles. The molecule has 156 valence electrons. The third kappa shape index (κ3) is 4.67. The van der Waals surface area contributed by atoms with Crippen molar-refractivity contribution >= 4 is 15.9 Å². The number of carbonyl (C=O) groups is 1. The molecule has 0 unspecified atom stereocenters. The van der Waals surface area contributed by atoms with Crippen molar-refractivity contribution in [1.82, 2.24) is 8.87 Å². The predicted molar refractivity (Wildman–Crippen MR) is 113 cm³/mol. The molecule has 1 aromatic carbocycles. The molecule has 0 aliphatic carbocycles. The van der Waals surface area contributed by atoms with Crippen LogP contribution in [0.25, 0.3) is 0 Å². The topological polar surface area (TPSA) is 71.7 Å². The maximum Gasteiger partial charge on any atom is 0.243 e. The molecule has 6 nitrogen and oxygen atoms in total. The zero-order valence-electron chi connectivity index (χ0n) is 17.5. The van der Waals surface area contributed by atoms with E-state index >= 15 is 0 Å². The van der Waals surface area contributed by atoms with Crippen LogP contribution in [0.5, 0.6) is 0 Å². The van der Waals surface area contributed by atoms with Crippen LogP contribution in [0.3, 0.4) is 0 Å². The fraction of sp³-hybridized carbons (Fsp3) is 0.455. The first-order valence-electron chi connectivity index (χ1n) is 10.0. The van der Waals surface area contributed by atoms with Gasteiger partial charge >= 0.3 is 0 Å². The largest absolute Gasteiger partial charge is 0.274 e. The number of aromatic nitrogens is 1. The van der Waals surface area contributed by atoms with Crippen molar-refractivity contribution in [2.45, 2.75) is 51.5 Å². The lowest BCUT2D eigenvalue weighted by Gasteiger charge is -2.31. The monoisotopic (exact) mass is 415 g/mol. The maximum atomic E-state index is 13.1. The van der Waals surface area contributed by atoms with Crippen molar-refractivity contribution in [3.63, 3.8) is 0 Å². The molecule has 0 radical (unpaired) electrons. The molecule has 1 fully saturated rings. The molecular weight excluding hydrogens is 386 g/mol. The Kier molecular flexibility index (Phi) is 6.39. The van der Waals surface area contributed by atoms with E-state index in [4.69, 9.17) is 0 Å². The average Bonchev–Trinajstić information content (AvgIpc) is 2.67. The van der Waals surface area contributed by atoms with E-state index in [0.717, 1.165) is 11.1 Å². The van der Waals surface area contributed by atoms with Crippen LogP contribution in [0.4, 0.5) is 0 Å². The summed E-state index contributed by atoms with van der Waals surface area (Å²) in [5.74, 6) is -0.234. The Balaban J connectivity index is 1.77. The van der Waals surface area contributed by atoms with Gasteiger partial charge in [-0.15, -0.1) is 0 Å². The third-order valence-corrected chi connectivity index (χ3v) is 7.28. The molecule has 0 spiro atoms. The summed E-state index contributed by atoms with van der Waals surface area (Å²) in [7, 11) is -3.55. The zero-order valence-corrected chi connectivity index (χ0v) is 18.3. The molecule has 1 aliphatic heterocycles. The van der Waals surface area contributed by atoms with Crippen LogP contribution >= 0.6 is 0 Å². The number of sulfonamides is 1. The lowest BCUT2D eigenvalue weighted by Crippen LogP contribution is -2.42. The highest BCUT2D eigenvalue weighted by Gasteiger charge is 2.33. The van der Waals surface area contributed by atoms with E-state index < -0.39 is 10.0 Å². The van der Waals surface area contributed by atoms with Gasteiger partial charge in [0.15, 0.2) is 0 Å². The molecule has 2 heterocycles. The molecule has 1 aliphatic rings. The van der Waals surface area contributed by atoms with Gasteiger partial charge in [0.05, 0.1) is 4.90 Å². The van der Waals surface area contributed by atoms with Crippen LogP contribution in [0.2, 0.25) is 0 Å². The van der Waals surface area contributed by atoms with Gasteiger partial charge in [-0.05, 0) is 64.3 Å². The van der Waals surface area contributed by atoms with Crippen molar-refractivity contribution in [2.75, 3.05) is 13.1 Å². The van der Waals surface area contributed by atoms with Crippen molar-refractivity contribution in [1.29, 1.82) is 0 Å². The summed E-state index contributed by atoms with van der Waals surface area (Å²) in [5.41, 5.74) is 2.43. The number of pyridine rings is 1. The Morgan fingerprint density at radius 2 is 1.79 bits per heavy atom. The number of benzene rings is 1. The van der Waals surface area contributed by atoms with E-state index in [2.05, 4.69) is 4.99 Å². The summed E-state index contributed by atoms with van der Waals surface area (Å²) in [5, 5.41) is 0. The molecular formula is C22H29N3O3S. The lowest BCUT2D eigenvalue weighted by atomic mass is 9.97. The molecule has 0 amide bonds. The zero-order chi connectivity index (χ0) is 21.2. The summed E-state index contributed by atoms with van der Waals surface area (Å²) < 4.78 is 29.2. The molecule has 7 heteroatoms. The molecule has 2 aromatic rings. The number of rotatable bonds is 4. The number of carbonyl (C=O) groups excluding carboxylic acids is 1. The molecule has 1 aromatic heterocycles. The SMILES string of the molecule is Cc1ccc(S(=O)(=O)N2CCC(C(=O)n3ccccc3=NC(C)C)CC2)c(C)c1. The second kappa shape index (κ2) is 8.63. The number of hydrogen-bond donors (Lipinski definition) is 0. The number of nitrogens with zero attached hydrogens (tertiary/aromatic N) is 3. The van der Waals surface area contributed by atoms with E-state index in [1.165, 1.54) is 4.31 Å². The number of piperidine rings is 1. The van der Waals surface area contributed by atoms with Gasteiger partial charge in [-0.25, -0.2) is 8.42 Å². The van der Waals surface area contributed by atoms with Gasteiger partial charge in [0, 0.05) is 31.2 Å². The van der Waals surface area contributed by atoms with E-state index in [1.807, 2.05) is 58.0 Å². The van der Waals surface area contributed by atoms with E-state index in [9.17, 15) is 13.2 Å². The smallest absolute Gasteiger partial charge is 0.243 e. The Morgan fingerprint density at radius 3 is 2.41 bits per heavy atom. The van der Waals surface area contributed by atoms with Crippen LogP contribution in [-0.4, -0.2) is 42.3 Å². The molecule has 0 atom stereocenters. The highest BCUT2D eigenvalue weighted by atomic mass is 32.2. The summed E-state index contributed by atoms with van der Waals surface area (Å²) in [6.45, 7) is 8.40. The van der Waals surface area contributed by atoms with Crippen molar-refractivity contribution in [3.05, 3.63) is 59.2 Å². The van der Waals surface area contributed by atoms with E-state index in [1.54, 1.807) is 16.8 Å². The fourth-order valence-corrected chi connectivity index (χ4v) is 5.43. The van der Waals surface area contributed by atoms with Gasteiger partial charge in [-0.2, -0.15) is 4.31 Å². The second-order valence-electron chi connectivity index (χ2n) is 7.94. The summed E-state index contributed by atoms with van der Waals surface area (Å²) in [6.07, 6.45) is 2.75. The Bertz CT molecular complexity index is 1060. The van der Waals surface area contributed by atoms with Crippen molar-refractivity contribution < 1.29 is 13.2 Å². The average molecular weight is 416 g/mol. The van der Waals surface area contributed by atoms with Gasteiger partial charge in [0.25, 0.3) is 0 Å². The predicted octanol–water partition coefficient (Wildman–Crippen LogP) is 3.16. The standard InChI is InChI=1S/C22H29N3O3S/c1-16(2)23-21-7-5-6-12-25(21)22(26)19-10-13-24(14-11-19)29(27,28)20-9-8-17(3)15-18(20)4/h5-9,12,15-16,19H,10-11,13-14H2,1-4H3. The van der Waals surface area contributed by atoms with Gasteiger partial charge in [0.1, 0.15) is 5.49 Å². The Hall–Kier alpha value is -2.25. The Morgan fingerprint density at radius 1 is 1.10 bits per heavy atom. The van der Waals surface area contributed by atoms with E-state index in [0.29, 0.717) is 36.3 Å². The molecule has 0 bridgehead atoms. The van der Waals surface area contributed by atoms with Crippen LogP contribution in [0.15, 0.2) is 52.5 Å². The minimum Gasteiger partial charge on any atom is -0.274 e. The first kappa shape index (κ1) is 21.5. The van der Waals surface area contributed by atoms with Crippen LogP contribution in [0.1, 0.15) is 42.6 Å². The quantitative estimate of drug-likeness (QED) is 0.770. The first-order chi connectivity index (χ1) is 13.7. The molecule has 0 N–H and O–H groups in total. The van der Waals surface area contributed by atoms with Gasteiger partial charge in [-0.3, -0.25) is 14.4 Å². The van der Waals surface area contributed by atoms with Crippen LogP contribution in [0, 0.1) is 19.8 Å². The lowest BCUT2D eigenvalue weighted by molar-refractivity contribution is 0.0781. The number of hydrogen-bond acceptors (Lipinski definition) is 4.